The van der Waals surface area contributed by atoms with E-state index in [9.17, 15) is 8.42 Å². The number of hydrogen-bond donors (Lipinski definition) is 1. The summed E-state index contributed by atoms with van der Waals surface area (Å²) in [6, 6.07) is 9.17. The number of rotatable bonds is 7. The van der Waals surface area contributed by atoms with Crippen molar-refractivity contribution >= 4 is 10.0 Å². The van der Waals surface area contributed by atoms with Crippen molar-refractivity contribution in [2.45, 2.75) is 6.10 Å². The van der Waals surface area contributed by atoms with Crippen molar-refractivity contribution in [3.8, 4) is 5.75 Å². The van der Waals surface area contributed by atoms with E-state index in [0.717, 1.165) is 13.1 Å². The minimum Gasteiger partial charge on any atom is -0.492 e. The molecule has 0 saturated carbocycles. The molecule has 2 rings (SSSR count). The van der Waals surface area contributed by atoms with Crippen LogP contribution in [0.15, 0.2) is 30.3 Å². The monoisotopic (exact) mass is 314 g/mol. The van der Waals surface area contributed by atoms with Gasteiger partial charge < -0.3 is 14.4 Å². The van der Waals surface area contributed by atoms with Crippen LogP contribution < -0.4 is 9.46 Å². The predicted molar refractivity (Wildman–Crippen MR) is 81.0 cm³/mol. The number of benzene rings is 1. The molecule has 1 fully saturated rings. The third-order valence-corrected chi connectivity index (χ3v) is 4.55. The summed E-state index contributed by atoms with van der Waals surface area (Å²) in [5, 5.41) is 0. The molecule has 1 heterocycles. The zero-order valence-electron chi connectivity index (χ0n) is 12.2. The van der Waals surface area contributed by atoms with Crippen molar-refractivity contribution in [1.82, 2.24) is 9.62 Å². The Morgan fingerprint density at radius 2 is 2.14 bits per heavy atom. The number of para-hydroxylation sites is 1. The highest BCUT2D eigenvalue weighted by molar-refractivity contribution is 7.89. The third-order valence-electron chi connectivity index (χ3n) is 3.24. The van der Waals surface area contributed by atoms with Gasteiger partial charge in [-0.3, -0.25) is 0 Å². The normalized spacial score (nSPS) is 20.3. The Balaban J connectivity index is 1.69. The van der Waals surface area contributed by atoms with Gasteiger partial charge in [-0.05, 0) is 19.2 Å². The van der Waals surface area contributed by atoms with E-state index in [1.165, 1.54) is 0 Å². The number of ether oxygens (including phenoxy) is 2. The van der Waals surface area contributed by atoms with Gasteiger partial charge in [-0.2, -0.15) is 0 Å². The Bertz CT molecular complexity index is 521. The molecule has 1 saturated heterocycles. The molecular formula is C14H22N2O4S. The fourth-order valence-corrected chi connectivity index (χ4v) is 2.96. The second-order valence-corrected chi connectivity index (χ2v) is 7.01. The van der Waals surface area contributed by atoms with Crippen molar-refractivity contribution in [1.29, 1.82) is 0 Å². The lowest BCUT2D eigenvalue weighted by Gasteiger charge is -2.30. The highest BCUT2D eigenvalue weighted by Crippen LogP contribution is 2.08. The topological polar surface area (TPSA) is 67.9 Å². The van der Waals surface area contributed by atoms with Gasteiger partial charge in [0.25, 0.3) is 0 Å². The summed E-state index contributed by atoms with van der Waals surface area (Å²) in [6.07, 6.45) is -0.0893. The van der Waals surface area contributed by atoms with E-state index in [-0.39, 0.29) is 18.5 Å². The van der Waals surface area contributed by atoms with Gasteiger partial charge in [0.05, 0.1) is 18.5 Å². The number of hydrogen-bond acceptors (Lipinski definition) is 5. The first-order chi connectivity index (χ1) is 10.1. The van der Waals surface area contributed by atoms with E-state index in [2.05, 4.69) is 9.62 Å². The fraction of sp³-hybridized carbons (Fsp3) is 0.571. The van der Waals surface area contributed by atoms with Crippen molar-refractivity contribution < 1.29 is 17.9 Å². The maximum Gasteiger partial charge on any atom is 0.215 e. The molecule has 1 atom stereocenters. The first-order valence-corrected chi connectivity index (χ1v) is 8.66. The molecule has 1 N–H and O–H groups in total. The Labute approximate surface area is 126 Å². The van der Waals surface area contributed by atoms with Crippen LogP contribution in [0.25, 0.3) is 0 Å². The van der Waals surface area contributed by atoms with Gasteiger partial charge in [-0.1, -0.05) is 18.2 Å². The Morgan fingerprint density at radius 3 is 2.86 bits per heavy atom. The average Bonchev–Trinajstić information content (AvgIpc) is 2.46. The summed E-state index contributed by atoms with van der Waals surface area (Å²) in [5.41, 5.74) is 0. The van der Waals surface area contributed by atoms with Gasteiger partial charge >= 0.3 is 0 Å². The van der Waals surface area contributed by atoms with E-state index >= 15 is 0 Å². The fourth-order valence-electron chi connectivity index (χ4n) is 2.07. The molecule has 1 aliphatic rings. The van der Waals surface area contributed by atoms with Crippen LogP contribution in [0.5, 0.6) is 5.75 Å². The van der Waals surface area contributed by atoms with Crippen LogP contribution in [0.2, 0.25) is 0 Å². The summed E-state index contributed by atoms with van der Waals surface area (Å²) >= 11 is 0. The lowest BCUT2D eigenvalue weighted by Crippen LogP contribution is -2.46. The van der Waals surface area contributed by atoms with E-state index in [1.807, 2.05) is 25.2 Å². The second-order valence-electron chi connectivity index (χ2n) is 5.08. The molecule has 0 aliphatic carbocycles. The molecule has 1 unspecified atom stereocenters. The molecule has 118 valence electrons. The summed E-state index contributed by atoms with van der Waals surface area (Å²) in [5.74, 6) is 0.606. The highest BCUT2D eigenvalue weighted by Gasteiger charge is 2.20. The first-order valence-electron chi connectivity index (χ1n) is 7.00. The standard InChI is InChI=1S/C14H22N2O4S/c1-16-7-8-19-14(12-16)11-15-21(17,18)10-9-20-13-5-3-2-4-6-13/h2-6,14-15H,7-12H2,1H3. The largest absolute Gasteiger partial charge is 0.492 e. The maximum absolute atomic E-state index is 11.9. The summed E-state index contributed by atoms with van der Waals surface area (Å²) in [4.78, 5) is 2.13. The molecule has 6 nitrogen and oxygen atoms in total. The Hall–Kier alpha value is -1.15. The van der Waals surface area contributed by atoms with Crippen LogP contribution in [0.1, 0.15) is 0 Å². The molecular weight excluding hydrogens is 292 g/mol. The molecule has 0 radical (unpaired) electrons. The van der Waals surface area contributed by atoms with Gasteiger partial charge in [0, 0.05) is 19.6 Å². The number of morpholine rings is 1. The SMILES string of the molecule is CN1CCOC(CNS(=O)(=O)CCOc2ccccc2)C1. The molecule has 0 aromatic heterocycles. The van der Waals surface area contributed by atoms with Gasteiger partial charge in [0.15, 0.2) is 0 Å². The first kappa shape index (κ1) is 16.2. The van der Waals surface area contributed by atoms with Crippen LogP contribution in [0.3, 0.4) is 0 Å². The molecule has 1 aliphatic heterocycles. The molecule has 21 heavy (non-hydrogen) atoms. The predicted octanol–water partition coefficient (Wildman–Crippen LogP) is 0.315. The minimum atomic E-state index is -3.34. The maximum atomic E-state index is 11.9. The number of likely N-dealkylation sites (N-methyl/N-ethyl adjacent to an activating group) is 1. The summed E-state index contributed by atoms with van der Waals surface area (Å²) < 4.78 is 37.3. The zero-order valence-corrected chi connectivity index (χ0v) is 13.0. The number of sulfonamides is 1. The summed E-state index contributed by atoms with van der Waals surface area (Å²) in [6.45, 7) is 2.69. The Morgan fingerprint density at radius 1 is 1.38 bits per heavy atom. The lowest BCUT2D eigenvalue weighted by molar-refractivity contribution is -0.0156. The minimum absolute atomic E-state index is 0.0650. The molecule has 0 amide bonds. The van der Waals surface area contributed by atoms with Gasteiger partial charge in [0.2, 0.25) is 10.0 Å². The molecule has 1 aromatic carbocycles. The molecule has 0 bridgehead atoms. The lowest BCUT2D eigenvalue weighted by atomic mass is 10.3. The molecule has 1 aromatic rings. The molecule has 0 spiro atoms. The van der Waals surface area contributed by atoms with E-state index in [0.29, 0.717) is 18.9 Å². The zero-order chi connectivity index (χ0) is 15.1. The van der Waals surface area contributed by atoms with Crippen molar-refractivity contribution in [3.63, 3.8) is 0 Å². The van der Waals surface area contributed by atoms with Gasteiger partial charge in [-0.15, -0.1) is 0 Å². The summed E-state index contributed by atoms with van der Waals surface area (Å²) in [7, 11) is -1.34. The third kappa shape index (κ3) is 6.01. The quantitative estimate of drug-likeness (QED) is 0.785. The second kappa shape index (κ2) is 7.74. The van der Waals surface area contributed by atoms with Gasteiger partial charge in [0.1, 0.15) is 12.4 Å². The van der Waals surface area contributed by atoms with E-state index < -0.39 is 10.0 Å². The van der Waals surface area contributed by atoms with Gasteiger partial charge in [-0.25, -0.2) is 13.1 Å². The van der Waals surface area contributed by atoms with E-state index in [4.69, 9.17) is 9.47 Å². The van der Waals surface area contributed by atoms with Crippen LogP contribution in [0, 0.1) is 0 Å². The smallest absolute Gasteiger partial charge is 0.215 e. The average molecular weight is 314 g/mol. The van der Waals surface area contributed by atoms with Crippen LogP contribution in [0.4, 0.5) is 0 Å². The van der Waals surface area contributed by atoms with Crippen molar-refractivity contribution in [3.05, 3.63) is 30.3 Å². The van der Waals surface area contributed by atoms with Crippen LogP contribution in [-0.2, 0) is 14.8 Å². The highest BCUT2D eigenvalue weighted by atomic mass is 32.2. The number of nitrogens with zero attached hydrogens (tertiary/aromatic N) is 1. The van der Waals surface area contributed by atoms with Crippen molar-refractivity contribution in [2.75, 3.05) is 45.6 Å². The van der Waals surface area contributed by atoms with Crippen LogP contribution >= 0.6 is 0 Å². The van der Waals surface area contributed by atoms with Crippen LogP contribution in [-0.4, -0.2) is 65.1 Å². The Kier molecular flexibility index (Phi) is 5.98. The van der Waals surface area contributed by atoms with E-state index in [1.54, 1.807) is 12.1 Å². The van der Waals surface area contributed by atoms with Crippen molar-refractivity contribution in [2.24, 2.45) is 0 Å². The number of nitrogens with one attached hydrogen (secondary N) is 1. The molecule has 7 heteroatoms.